The van der Waals surface area contributed by atoms with Crippen molar-refractivity contribution < 1.29 is 28.8 Å². The van der Waals surface area contributed by atoms with E-state index in [9.17, 15) is 28.8 Å². The van der Waals surface area contributed by atoms with E-state index in [0.29, 0.717) is 44.9 Å². The van der Waals surface area contributed by atoms with Gasteiger partial charge in [0.1, 0.15) is 11.6 Å². The molecule has 3 N–H and O–H groups in total. The fourth-order valence-corrected chi connectivity index (χ4v) is 4.71. The molecule has 0 saturated carbocycles. The smallest absolute Gasteiger partial charge is 0.223 e. The molecule has 0 aliphatic carbocycles. The molecule has 0 aliphatic rings. The quantitative estimate of drug-likeness (QED) is 0.167. The van der Waals surface area contributed by atoms with Crippen molar-refractivity contribution in [2.75, 3.05) is 0 Å². The van der Waals surface area contributed by atoms with Gasteiger partial charge in [-0.15, -0.1) is 0 Å². The van der Waals surface area contributed by atoms with Crippen molar-refractivity contribution in [3.8, 4) is 0 Å². The van der Waals surface area contributed by atoms with Crippen molar-refractivity contribution >= 4 is 34.9 Å². The number of carbonyl (C=O) groups excluding carboxylic acids is 6. The molecule has 0 rings (SSSR count). The summed E-state index contributed by atoms with van der Waals surface area (Å²) in [4.78, 5) is 75.9. The van der Waals surface area contributed by atoms with Gasteiger partial charge in [-0.1, -0.05) is 69.2 Å². The molecule has 9 heteroatoms. The van der Waals surface area contributed by atoms with Gasteiger partial charge in [0.25, 0.3) is 0 Å². The molecule has 6 unspecified atom stereocenters. The lowest BCUT2D eigenvalue weighted by molar-refractivity contribution is -0.132. The maximum atomic E-state index is 13.1. The van der Waals surface area contributed by atoms with E-state index in [4.69, 9.17) is 0 Å². The Balaban J connectivity index is 5.34. The highest BCUT2D eigenvalue weighted by Crippen LogP contribution is 2.17. The topological polar surface area (TPSA) is 139 Å². The van der Waals surface area contributed by atoms with Gasteiger partial charge in [-0.25, -0.2) is 0 Å². The van der Waals surface area contributed by atoms with Crippen LogP contribution in [0.25, 0.3) is 0 Å². The second kappa shape index (κ2) is 19.7. The van der Waals surface area contributed by atoms with Gasteiger partial charge < -0.3 is 16.0 Å². The van der Waals surface area contributed by atoms with E-state index in [1.807, 2.05) is 27.7 Å². The number of rotatable bonds is 22. The molecule has 0 spiro atoms. The van der Waals surface area contributed by atoms with Gasteiger partial charge in [0.15, 0.2) is 11.6 Å². The Morgan fingerprint density at radius 3 is 1.19 bits per heavy atom. The summed E-state index contributed by atoms with van der Waals surface area (Å²) >= 11 is 0. The highest BCUT2D eigenvalue weighted by Gasteiger charge is 2.29. The van der Waals surface area contributed by atoms with E-state index in [1.165, 1.54) is 6.92 Å². The Kier molecular flexibility index (Phi) is 18.6. The number of Topliss-reactive ketones (excluding diaryl/α,β-unsaturated/α-hetero) is 4. The number of nitrogens with one attached hydrogen (secondary N) is 3. The van der Waals surface area contributed by atoms with E-state index in [1.54, 1.807) is 41.5 Å². The van der Waals surface area contributed by atoms with Crippen LogP contribution in [0.2, 0.25) is 0 Å². The molecule has 0 aliphatic heterocycles. The maximum Gasteiger partial charge on any atom is 0.223 e. The third-order valence-electron chi connectivity index (χ3n) is 7.98. The minimum atomic E-state index is -0.735. The van der Waals surface area contributed by atoms with E-state index >= 15 is 0 Å². The van der Waals surface area contributed by atoms with Gasteiger partial charge in [-0.3, -0.25) is 28.8 Å². The lowest BCUT2D eigenvalue weighted by Crippen LogP contribution is -2.47. The maximum absolute atomic E-state index is 13.1. The fourth-order valence-electron chi connectivity index (χ4n) is 4.71. The third kappa shape index (κ3) is 14.7. The molecule has 0 fully saturated rings. The standard InChI is InChI=1S/C33H59N3O6/c1-12-29(38)26(34-21(6)7)16-14-23(9)32(41)36-28(31(40)20(4)5)18-15-24(10)33(42)35-27(30(39)19(2)3)17-13-22(8)25(11)37/h19-24,26-28,34H,12-18H2,1-11H3,(H,35,42)(H,36,41). The number of hydrogen-bond donors (Lipinski definition) is 3. The summed E-state index contributed by atoms with van der Waals surface area (Å²) in [6, 6.07) is -1.58. The largest absolute Gasteiger partial charge is 0.346 e. The van der Waals surface area contributed by atoms with Gasteiger partial charge in [0, 0.05) is 42.1 Å². The molecule has 9 nitrogen and oxygen atoms in total. The number of hydrogen-bond acceptors (Lipinski definition) is 7. The van der Waals surface area contributed by atoms with Crippen molar-refractivity contribution in [1.82, 2.24) is 16.0 Å². The minimum absolute atomic E-state index is 0.0455. The lowest BCUT2D eigenvalue weighted by atomic mass is 9.91. The van der Waals surface area contributed by atoms with Crippen molar-refractivity contribution in [3.63, 3.8) is 0 Å². The molecule has 0 aromatic rings. The van der Waals surface area contributed by atoms with Gasteiger partial charge >= 0.3 is 0 Å². The first-order valence-corrected chi connectivity index (χ1v) is 15.9. The zero-order valence-corrected chi connectivity index (χ0v) is 28.1. The van der Waals surface area contributed by atoms with Crippen molar-refractivity contribution in [2.24, 2.45) is 29.6 Å². The first-order valence-electron chi connectivity index (χ1n) is 15.9. The average molecular weight is 594 g/mol. The van der Waals surface area contributed by atoms with Crippen LogP contribution >= 0.6 is 0 Å². The molecular formula is C33H59N3O6. The molecular weight excluding hydrogens is 534 g/mol. The summed E-state index contributed by atoms with van der Waals surface area (Å²) in [5.41, 5.74) is 0. The third-order valence-corrected chi connectivity index (χ3v) is 7.98. The molecule has 0 aromatic heterocycles. The van der Waals surface area contributed by atoms with E-state index in [-0.39, 0.29) is 64.8 Å². The summed E-state index contributed by atoms with van der Waals surface area (Å²) in [6.45, 7) is 19.8. The molecule has 0 radical (unpaired) electrons. The molecule has 0 aromatic carbocycles. The first kappa shape index (κ1) is 39.6. The zero-order valence-electron chi connectivity index (χ0n) is 28.1. The van der Waals surface area contributed by atoms with Crippen LogP contribution < -0.4 is 16.0 Å². The SMILES string of the molecule is CCC(=O)C(CCC(C)C(=O)NC(CCC(C)C(=O)NC(CCC(C)C(C)=O)C(=O)C(C)C)C(=O)C(C)C)NC(C)C. The van der Waals surface area contributed by atoms with E-state index in [2.05, 4.69) is 16.0 Å². The van der Waals surface area contributed by atoms with Crippen LogP contribution in [0.1, 0.15) is 121 Å². The second-order valence-electron chi connectivity index (χ2n) is 13.0. The Morgan fingerprint density at radius 2 is 0.881 bits per heavy atom. The average Bonchev–Trinajstić information content (AvgIpc) is 2.92. The minimum Gasteiger partial charge on any atom is -0.346 e. The predicted molar refractivity (Wildman–Crippen MR) is 167 cm³/mol. The Morgan fingerprint density at radius 1 is 0.524 bits per heavy atom. The van der Waals surface area contributed by atoms with Crippen LogP contribution in [0.4, 0.5) is 0 Å². The molecule has 0 saturated heterocycles. The van der Waals surface area contributed by atoms with Gasteiger partial charge in [-0.2, -0.15) is 0 Å². The molecule has 0 heterocycles. The summed E-state index contributed by atoms with van der Waals surface area (Å²) in [5.74, 6) is -2.20. The van der Waals surface area contributed by atoms with E-state index in [0.717, 1.165) is 0 Å². The van der Waals surface area contributed by atoms with Crippen LogP contribution in [-0.2, 0) is 28.8 Å². The normalized spacial score (nSPS) is 16.0. The Hall–Kier alpha value is -2.42. The van der Waals surface area contributed by atoms with E-state index < -0.39 is 23.9 Å². The fraction of sp³-hybridized carbons (Fsp3) is 0.818. The number of ketones is 4. The van der Waals surface area contributed by atoms with Crippen molar-refractivity contribution in [1.29, 1.82) is 0 Å². The Labute approximate surface area is 254 Å². The molecule has 0 bridgehead atoms. The van der Waals surface area contributed by atoms with Gasteiger partial charge in [0.2, 0.25) is 11.8 Å². The van der Waals surface area contributed by atoms with Crippen molar-refractivity contribution in [3.05, 3.63) is 0 Å². The first-order chi connectivity index (χ1) is 19.4. The zero-order chi connectivity index (χ0) is 32.7. The van der Waals surface area contributed by atoms with Gasteiger partial charge in [-0.05, 0) is 45.4 Å². The van der Waals surface area contributed by atoms with Crippen LogP contribution in [0.5, 0.6) is 0 Å². The van der Waals surface area contributed by atoms with Crippen molar-refractivity contribution in [2.45, 2.75) is 145 Å². The molecule has 242 valence electrons. The summed E-state index contributed by atoms with van der Waals surface area (Å²) in [5, 5.41) is 9.06. The highest BCUT2D eigenvalue weighted by atomic mass is 16.2. The van der Waals surface area contributed by atoms with Crippen LogP contribution in [0.15, 0.2) is 0 Å². The summed E-state index contributed by atoms with van der Waals surface area (Å²) < 4.78 is 0. The highest BCUT2D eigenvalue weighted by molar-refractivity contribution is 5.92. The van der Waals surface area contributed by atoms with Crippen LogP contribution in [0, 0.1) is 29.6 Å². The number of amides is 2. The molecule has 42 heavy (non-hydrogen) atoms. The predicted octanol–water partition coefficient (Wildman–Crippen LogP) is 4.59. The van der Waals surface area contributed by atoms with Gasteiger partial charge in [0.05, 0.1) is 18.1 Å². The monoisotopic (exact) mass is 593 g/mol. The number of carbonyl (C=O) groups is 6. The van der Waals surface area contributed by atoms with Crippen LogP contribution in [-0.4, -0.2) is 59.1 Å². The summed E-state index contributed by atoms with van der Waals surface area (Å²) in [6.07, 6.45) is 2.98. The molecule has 2 amide bonds. The lowest BCUT2D eigenvalue weighted by Gasteiger charge is -2.25. The summed E-state index contributed by atoms with van der Waals surface area (Å²) in [7, 11) is 0. The Bertz CT molecular complexity index is 913. The molecule has 6 atom stereocenters. The van der Waals surface area contributed by atoms with Crippen LogP contribution in [0.3, 0.4) is 0 Å². The second-order valence-corrected chi connectivity index (χ2v) is 13.0.